The molecule has 0 radical (unpaired) electrons. The molecule has 0 atom stereocenters. The zero-order valence-corrected chi connectivity index (χ0v) is 18.9. The van der Waals surface area contributed by atoms with Crippen molar-refractivity contribution in [2.75, 3.05) is 6.61 Å². The lowest BCUT2D eigenvalue weighted by Gasteiger charge is -2.14. The van der Waals surface area contributed by atoms with Crippen LogP contribution in [0.2, 0.25) is 0 Å². The lowest BCUT2D eigenvalue weighted by Crippen LogP contribution is -2.41. The van der Waals surface area contributed by atoms with Crippen LogP contribution in [-0.2, 0) is 4.79 Å². The summed E-state index contributed by atoms with van der Waals surface area (Å²) in [7, 11) is 0. The Morgan fingerprint density at radius 2 is 1.59 bits per heavy atom. The summed E-state index contributed by atoms with van der Waals surface area (Å²) < 4.78 is 5.59. The molecule has 3 rings (SSSR count). The average molecular weight is 458 g/mol. The molecule has 0 spiro atoms. The first-order valence-electron chi connectivity index (χ1n) is 10.8. The lowest BCUT2D eigenvalue weighted by atomic mass is 10.1. The largest absolute Gasteiger partial charge is 0.508 e. The molecule has 0 saturated heterocycles. The zero-order chi connectivity index (χ0) is 24.3. The van der Waals surface area contributed by atoms with E-state index in [1.807, 2.05) is 6.92 Å². The number of hydrazine groups is 1. The van der Waals surface area contributed by atoms with Gasteiger partial charge in [0.1, 0.15) is 17.2 Å². The van der Waals surface area contributed by atoms with Crippen molar-refractivity contribution in [2.45, 2.75) is 13.3 Å². The Hall–Kier alpha value is -4.52. The summed E-state index contributed by atoms with van der Waals surface area (Å²) >= 11 is 0. The number of benzene rings is 3. The minimum absolute atomic E-state index is 0.0436. The summed E-state index contributed by atoms with van der Waals surface area (Å²) in [6.45, 7) is 6.53. The third-order valence-electron chi connectivity index (χ3n) is 4.74. The number of hydrogen-bond acceptors (Lipinski definition) is 5. The second-order valence-electron chi connectivity index (χ2n) is 7.40. The Morgan fingerprint density at radius 3 is 2.24 bits per heavy atom. The molecule has 0 aliphatic heterocycles. The van der Waals surface area contributed by atoms with E-state index in [2.05, 4.69) is 22.7 Å². The van der Waals surface area contributed by atoms with E-state index in [0.29, 0.717) is 29.0 Å². The Bertz CT molecular complexity index is 1150. The highest BCUT2D eigenvalue weighted by atomic mass is 16.5. The van der Waals surface area contributed by atoms with Gasteiger partial charge in [-0.05, 0) is 72.2 Å². The molecule has 34 heavy (non-hydrogen) atoms. The highest BCUT2D eigenvalue weighted by Crippen LogP contribution is 2.16. The summed E-state index contributed by atoms with van der Waals surface area (Å²) in [5.41, 5.74) is 7.57. The highest BCUT2D eigenvalue weighted by Gasteiger charge is 2.15. The number of phenolic OH excluding ortho intramolecular Hbond substituents is 1. The second kappa shape index (κ2) is 11.9. The highest BCUT2D eigenvalue weighted by molar-refractivity contribution is 6.05. The molecule has 0 fully saturated rings. The van der Waals surface area contributed by atoms with Gasteiger partial charge in [0.15, 0.2) is 0 Å². The van der Waals surface area contributed by atoms with Crippen molar-refractivity contribution in [3.63, 3.8) is 0 Å². The number of aromatic hydroxyl groups is 1. The fraction of sp³-hybridized carbons (Fsp3) is 0.111. The molecule has 7 heteroatoms. The minimum Gasteiger partial charge on any atom is -0.508 e. The van der Waals surface area contributed by atoms with Gasteiger partial charge in [0.05, 0.1) is 12.3 Å². The van der Waals surface area contributed by atoms with Crippen LogP contribution in [0, 0.1) is 0 Å². The Balaban J connectivity index is 1.76. The van der Waals surface area contributed by atoms with Crippen LogP contribution < -0.4 is 20.9 Å². The van der Waals surface area contributed by atoms with Crippen LogP contribution in [0.4, 0.5) is 0 Å². The van der Waals surface area contributed by atoms with Crippen LogP contribution in [0.5, 0.6) is 11.5 Å². The maximum atomic E-state index is 13.0. The number of hydrogen-bond donors (Lipinski definition) is 4. The lowest BCUT2D eigenvalue weighted by molar-refractivity contribution is -0.118. The van der Waals surface area contributed by atoms with E-state index >= 15 is 0 Å². The molecule has 3 aromatic rings. The molecule has 0 saturated carbocycles. The molecule has 174 valence electrons. The molecule has 0 aliphatic rings. The van der Waals surface area contributed by atoms with Gasteiger partial charge < -0.3 is 15.2 Å². The Kier molecular flexibility index (Phi) is 8.46. The molecule has 0 heterocycles. The number of carbonyl (C=O) groups is 2. The number of amides is 2. The predicted octanol–water partition coefficient (Wildman–Crippen LogP) is 4.24. The maximum Gasteiger partial charge on any atom is 0.286 e. The van der Waals surface area contributed by atoms with Crippen molar-refractivity contribution in [1.82, 2.24) is 16.2 Å². The number of nitrogens with one attached hydrogen (secondary N) is 3. The standard InChI is InChI=1S/C27H27N3O4/c1-3-17-34-24-15-9-20(10-16-24)18-25(28-26(32)22-7-5-4-6-8-22)27(33)30-29-19(2)21-11-13-23(31)14-12-21/h4-16,18,29,31H,2-3,17H2,1H3,(H,28,32)(H,30,33). The van der Waals surface area contributed by atoms with Crippen LogP contribution in [-0.4, -0.2) is 23.5 Å². The summed E-state index contributed by atoms with van der Waals surface area (Å²) in [5, 5.41) is 12.1. The SMILES string of the molecule is C=C(NNC(=O)C(=Cc1ccc(OCCC)cc1)NC(=O)c1ccccc1)c1ccc(O)cc1. The summed E-state index contributed by atoms with van der Waals surface area (Å²) in [6, 6.07) is 22.2. The van der Waals surface area contributed by atoms with Gasteiger partial charge in [-0.25, -0.2) is 0 Å². The van der Waals surface area contributed by atoms with E-state index in [1.165, 1.54) is 12.1 Å². The van der Waals surface area contributed by atoms with Crippen LogP contribution in [0.3, 0.4) is 0 Å². The number of carbonyl (C=O) groups excluding carboxylic acids is 2. The summed E-state index contributed by atoms with van der Waals surface area (Å²) in [5.74, 6) is -0.122. The third kappa shape index (κ3) is 7.00. The maximum absolute atomic E-state index is 13.0. The molecule has 0 aliphatic carbocycles. The zero-order valence-electron chi connectivity index (χ0n) is 18.9. The fourth-order valence-electron chi connectivity index (χ4n) is 2.92. The third-order valence-corrected chi connectivity index (χ3v) is 4.74. The molecule has 0 unspecified atom stereocenters. The van der Waals surface area contributed by atoms with E-state index < -0.39 is 11.8 Å². The van der Waals surface area contributed by atoms with Crippen molar-refractivity contribution < 1.29 is 19.4 Å². The van der Waals surface area contributed by atoms with Gasteiger partial charge in [-0.2, -0.15) is 0 Å². The molecular formula is C27H27N3O4. The van der Waals surface area contributed by atoms with Gasteiger partial charge in [0.2, 0.25) is 0 Å². The normalized spacial score (nSPS) is 10.8. The summed E-state index contributed by atoms with van der Waals surface area (Å²) in [6.07, 6.45) is 2.48. The van der Waals surface area contributed by atoms with E-state index in [9.17, 15) is 14.7 Å². The molecule has 4 N–H and O–H groups in total. The minimum atomic E-state index is -0.560. The van der Waals surface area contributed by atoms with Gasteiger partial charge in [-0.1, -0.05) is 43.8 Å². The van der Waals surface area contributed by atoms with Gasteiger partial charge in [-0.15, -0.1) is 0 Å². The Morgan fingerprint density at radius 1 is 0.912 bits per heavy atom. The van der Waals surface area contributed by atoms with Gasteiger partial charge in [0.25, 0.3) is 11.8 Å². The van der Waals surface area contributed by atoms with Gasteiger partial charge in [0, 0.05) is 5.56 Å². The van der Waals surface area contributed by atoms with Crippen LogP contribution >= 0.6 is 0 Å². The molecule has 7 nitrogen and oxygen atoms in total. The summed E-state index contributed by atoms with van der Waals surface area (Å²) in [4.78, 5) is 25.7. The van der Waals surface area contributed by atoms with Gasteiger partial charge in [-0.3, -0.25) is 20.4 Å². The van der Waals surface area contributed by atoms with Crippen molar-refractivity contribution in [2.24, 2.45) is 0 Å². The molecule has 0 aromatic heterocycles. The van der Waals surface area contributed by atoms with Crippen LogP contribution in [0.1, 0.15) is 34.8 Å². The average Bonchev–Trinajstić information content (AvgIpc) is 2.87. The first kappa shape index (κ1) is 24.1. The van der Waals surface area contributed by atoms with Crippen molar-refractivity contribution >= 4 is 23.6 Å². The van der Waals surface area contributed by atoms with E-state index in [-0.39, 0.29) is 11.4 Å². The number of rotatable bonds is 10. The Labute approximate surface area is 198 Å². The first-order valence-corrected chi connectivity index (χ1v) is 10.8. The first-order chi connectivity index (χ1) is 16.5. The van der Waals surface area contributed by atoms with Crippen molar-refractivity contribution in [1.29, 1.82) is 0 Å². The van der Waals surface area contributed by atoms with Crippen LogP contribution in [0.25, 0.3) is 11.8 Å². The smallest absolute Gasteiger partial charge is 0.286 e. The monoisotopic (exact) mass is 457 g/mol. The van der Waals surface area contributed by atoms with E-state index in [1.54, 1.807) is 72.8 Å². The van der Waals surface area contributed by atoms with Crippen molar-refractivity contribution in [3.05, 3.63) is 108 Å². The predicted molar refractivity (Wildman–Crippen MR) is 133 cm³/mol. The van der Waals surface area contributed by atoms with E-state index in [4.69, 9.17) is 4.74 Å². The topological polar surface area (TPSA) is 99.7 Å². The van der Waals surface area contributed by atoms with Crippen LogP contribution in [0.15, 0.2) is 91.1 Å². The fourth-order valence-corrected chi connectivity index (χ4v) is 2.92. The molecular weight excluding hydrogens is 430 g/mol. The van der Waals surface area contributed by atoms with E-state index in [0.717, 1.165) is 12.2 Å². The number of phenols is 1. The van der Waals surface area contributed by atoms with Crippen molar-refractivity contribution in [3.8, 4) is 11.5 Å². The van der Waals surface area contributed by atoms with Gasteiger partial charge >= 0.3 is 0 Å². The quantitative estimate of drug-likeness (QED) is 0.270. The molecule has 2 amide bonds. The second-order valence-corrected chi connectivity index (χ2v) is 7.40. The molecule has 0 bridgehead atoms. The number of ether oxygens (including phenoxy) is 1. The molecule has 3 aromatic carbocycles.